The third-order valence-electron chi connectivity index (χ3n) is 3.45. The van der Waals surface area contributed by atoms with Crippen LogP contribution < -0.4 is 10.6 Å². The van der Waals surface area contributed by atoms with Gasteiger partial charge in [0.25, 0.3) is 0 Å². The molecule has 0 spiro atoms. The quantitative estimate of drug-likeness (QED) is 0.668. The van der Waals surface area contributed by atoms with Crippen LogP contribution in [0.25, 0.3) is 0 Å². The van der Waals surface area contributed by atoms with Gasteiger partial charge in [-0.05, 0) is 24.7 Å². The number of hydrogen-bond acceptors (Lipinski definition) is 3. The first-order valence-corrected chi connectivity index (χ1v) is 6.80. The van der Waals surface area contributed by atoms with Crippen LogP contribution in [0.4, 0.5) is 4.79 Å². The van der Waals surface area contributed by atoms with E-state index in [9.17, 15) is 9.90 Å². The predicted molar refractivity (Wildman–Crippen MR) is 70.4 cm³/mol. The molecule has 106 valence electrons. The highest BCUT2D eigenvalue weighted by molar-refractivity contribution is 5.73. The molecule has 0 bridgehead atoms. The van der Waals surface area contributed by atoms with Crippen molar-refractivity contribution in [2.24, 2.45) is 11.8 Å². The van der Waals surface area contributed by atoms with Gasteiger partial charge in [0.05, 0.1) is 12.7 Å². The molecule has 1 aliphatic rings. The van der Waals surface area contributed by atoms with Crippen molar-refractivity contribution in [1.29, 1.82) is 0 Å². The number of aliphatic hydroxyl groups is 1. The van der Waals surface area contributed by atoms with E-state index in [2.05, 4.69) is 17.6 Å². The lowest BCUT2D eigenvalue weighted by molar-refractivity contribution is 0.0659. The first-order valence-electron chi connectivity index (χ1n) is 6.80. The highest BCUT2D eigenvalue weighted by Crippen LogP contribution is 2.27. The lowest BCUT2D eigenvalue weighted by Crippen LogP contribution is -2.42. The fourth-order valence-electron chi connectivity index (χ4n) is 2.51. The van der Waals surface area contributed by atoms with E-state index in [0.29, 0.717) is 5.92 Å². The zero-order chi connectivity index (χ0) is 13.4. The van der Waals surface area contributed by atoms with E-state index in [1.165, 1.54) is 32.8 Å². The molecule has 0 heterocycles. The lowest BCUT2D eigenvalue weighted by atomic mass is 9.82. The van der Waals surface area contributed by atoms with Crippen molar-refractivity contribution in [3.8, 4) is 0 Å². The van der Waals surface area contributed by atoms with Crippen LogP contribution in [0.15, 0.2) is 0 Å². The van der Waals surface area contributed by atoms with Crippen molar-refractivity contribution in [1.82, 2.24) is 10.6 Å². The molecule has 3 N–H and O–H groups in total. The molecule has 1 saturated carbocycles. The fraction of sp³-hybridized carbons (Fsp3) is 0.923. The standard InChI is InChI=1S/C13H26N2O3/c1-10-4-3-5-11(6-10)7-14-13(17)15-8-12(16)9-18-2/h10-12,16H,3-9H2,1-2H3,(H2,14,15,17). The predicted octanol–water partition coefficient (Wildman–Crippen LogP) is 1.12. The zero-order valence-electron chi connectivity index (χ0n) is 11.4. The van der Waals surface area contributed by atoms with Crippen molar-refractivity contribution in [3.63, 3.8) is 0 Å². The van der Waals surface area contributed by atoms with Gasteiger partial charge in [0.1, 0.15) is 0 Å². The topological polar surface area (TPSA) is 70.6 Å². The van der Waals surface area contributed by atoms with Crippen LogP contribution in [0.5, 0.6) is 0 Å². The largest absolute Gasteiger partial charge is 0.389 e. The van der Waals surface area contributed by atoms with Crippen LogP contribution in [0, 0.1) is 11.8 Å². The van der Waals surface area contributed by atoms with Gasteiger partial charge in [0, 0.05) is 20.2 Å². The summed E-state index contributed by atoms with van der Waals surface area (Å²) in [5.41, 5.74) is 0. The molecule has 2 amide bonds. The van der Waals surface area contributed by atoms with Gasteiger partial charge in [-0.15, -0.1) is 0 Å². The second-order valence-corrected chi connectivity index (χ2v) is 5.34. The van der Waals surface area contributed by atoms with Crippen LogP contribution in [0.3, 0.4) is 0 Å². The first kappa shape index (κ1) is 15.2. The SMILES string of the molecule is COCC(O)CNC(=O)NCC1CCCC(C)C1. The minimum Gasteiger partial charge on any atom is -0.389 e. The number of carbonyl (C=O) groups excluding carboxylic acids is 1. The maximum Gasteiger partial charge on any atom is 0.314 e. The van der Waals surface area contributed by atoms with E-state index in [0.717, 1.165) is 12.5 Å². The third-order valence-corrected chi connectivity index (χ3v) is 3.45. The highest BCUT2D eigenvalue weighted by Gasteiger charge is 2.19. The van der Waals surface area contributed by atoms with Gasteiger partial charge < -0.3 is 20.5 Å². The molecule has 5 heteroatoms. The summed E-state index contributed by atoms with van der Waals surface area (Å²) in [6.07, 6.45) is 4.34. The summed E-state index contributed by atoms with van der Waals surface area (Å²) in [7, 11) is 1.52. The van der Waals surface area contributed by atoms with Crippen LogP contribution in [0.2, 0.25) is 0 Å². The number of methoxy groups -OCH3 is 1. The molecule has 3 unspecified atom stereocenters. The van der Waals surface area contributed by atoms with Crippen LogP contribution in [-0.2, 0) is 4.74 Å². The second kappa shape index (κ2) is 8.32. The zero-order valence-corrected chi connectivity index (χ0v) is 11.4. The Morgan fingerprint density at radius 2 is 2.22 bits per heavy atom. The average molecular weight is 258 g/mol. The molecule has 0 aliphatic heterocycles. The summed E-state index contributed by atoms with van der Waals surface area (Å²) in [6.45, 7) is 3.46. The van der Waals surface area contributed by atoms with Gasteiger partial charge in [-0.2, -0.15) is 0 Å². The summed E-state index contributed by atoms with van der Waals surface area (Å²) in [4.78, 5) is 11.5. The van der Waals surface area contributed by atoms with Crippen LogP contribution in [-0.4, -0.2) is 44.0 Å². The van der Waals surface area contributed by atoms with Crippen molar-refractivity contribution < 1.29 is 14.6 Å². The number of hydrogen-bond donors (Lipinski definition) is 3. The minimum absolute atomic E-state index is 0.205. The molecular weight excluding hydrogens is 232 g/mol. The Morgan fingerprint density at radius 3 is 2.89 bits per heavy atom. The molecule has 0 aromatic heterocycles. The summed E-state index contributed by atoms with van der Waals surface area (Å²) in [5, 5.41) is 14.9. The van der Waals surface area contributed by atoms with Crippen molar-refractivity contribution in [2.75, 3.05) is 26.8 Å². The van der Waals surface area contributed by atoms with Gasteiger partial charge in [-0.25, -0.2) is 4.79 Å². The maximum atomic E-state index is 11.5. The molecule has 1 aliphatic carbocycles. The van der Waals surface area contributed by atoms with Gasteiger partial charge in [-0.1, -0.05) is 19.8 Å². The molecule has 1 rings (SSSR count). The number of carbonyl (C=O) groups is 1. The lowest BCUT2D eigenvalue weighted by Gasteiger charge is -2.26. The van der Waals surface area contributed by atoms with E-state index in [-0.39, 0.29) is 19.2 Å². The average Bonchev–Trinajstić information content (AvgIpc) is 2.34. The van der Waals surface area contributed by atoms with E-state index < -0.39 is 6.10 Å². The normalized spacial score (nSPS) is 25.5. The summed E-state index contributed by atoms with van der Waals surface area (Å²) in [5.74, 6) is 1.38. The summed E-state index contributed by atoms with van der Waals surface area (Å²) >= 11 is 0. The van der Waals surface area contributed by atoms with E-state index in [1.807, 2.05) is 0 Å². The Hall–Kier alpha value is -0.810. The Morgan fingerprint density at radius 1 is 1.44 bits per heavy atom. The monoisotopic (exact) mass is 258 g/mol. The first-order chi connectivity index (χ1) is 8.61. The number of ether oxygens (including phenoxy) is 1. The molecule has 3 atom stereocenters. The molecular formula is C13H26N2O3. The Labute approximate surface area is 109 Å². The third kappa shape index (κ3) is 6.21. The second-order valence-electron chi connectivity index (χ2n) is 5.34. The number of amides is 2. The van der Waals surface area contributed by atoms with Gasteiger partial charge in [-0.3, -0.25) is 0 Å². The van der Waals surface area contributed by atoms with Gasteiger partial charge in [0.15, 0.2) is 0 Å². The van der Waals surface area contributed by atoms with Crippen molar-refractivity contribution >= 4 is 6.03 Å². The smallest absolute Gasteiger partial charge is 0.314 e. The summed E-state index contributed by atoms with van der Waals surface area (Å²) < 4.78 is 4.78. The molecule has 5 nitrogen and oxygen atoms in total. The Bertz CT molecular complexity index is 248. The minimum atomic E-state index is -0.643. The van der Waals surface area contributed by atoms with E-state index in [1.54, 1.807) is 0 Å². The Balaban J connectivity index is 2.09. The molecule has 1 fully saturated rings. The molecule has 0 saturated heterocycles. The molecule has 0 aromatic rings. The van der Waals surface area contributed by atoms with Gasteiger partial charge in [0.2, 0.25) is 0 Å². The van der Waals surface area contributed by atoms with Crippen molar-refractivity contribution in [2.45, 2.75) is 38.7 Å². The fourth-order valence-corrected chi connectivity index (χ4v) is 2.51. The summed E-state index contributed by atoms with van der Waals surface area (Å²) in [6, 6.07) is -0.205. The molecule has 18 heavy (non-hydrogen) atoms. The van der Waals surface area contributed by atoms with E-state index >= 15 is 0 Å². The van der Waals surface area contributed by atoms with Crippen LogP contribution >= 0.6 is 0 Å². The van der Waals surface area contributed by atoms with Crippen molar-refractivity contribution in [3.05, 3.63) is 0 Å². The number of urea groups is 1. The molecule has 0 radical (unpaired) electrons. The van der Waals surface area contributed by atoms with E-state index in [4.69, 9.17) is 4.74 Å². The maximum absolute atomic E-state index is 11.5. The number of nitrogens with one attached hydrogen (secondary N) is 2. The van der Waals surface area contributed by atoms with Crippen LogP contribution in [0.1, 0.15) is 32.6 Å². The number of aliphatic hydroxyl groups excluding tert-OH is 1. The highest BCUT2D eigenvalue weighted by atomic mass is 16.5. The molecule has 0 aromatic carbocycles. The number of rotatable bonds is 6. The van der Waals surface area contributed by atoms with Gasteiger partial charge >= 0.3 is 6.03 Å². The Kier molecular flexibility index (Phi) is 7.05.